The van der Waals surface area contributed by atoms with Gasteiger partial charge in [-0.2, -0.15) is 0 Å². The lowest BCUT2D eigenvalue weighted by atomic mass is 10.0. The van der Waals surface area contributed by atoms with Crippen LogP contribution in [-0.4, -0.2) is 29.1 Å². The van der Waals surface area contributed by atoms with Crippen molar-refractivity contribution in [3.8, 4) is 0 Å². The fourth-order valence-electron chi connectivity index (χ4n) is 2.69. The molecular formula is C17H30N2O. The average molecular weight is 278 g/mol. The van der Waals surface area contributed by atoms with Crippen molar-refractivity contribution in [2.75, 3.05) is 18.8 Å². The summed E-state index contributed by atoms with van der Waals surface area (Å²) in [5.74, 6) is 0.606. The van der Waals surface area contributed by atoms with Crippen LogP contribution in [0.1, 0.15) is 52.2 Å². The normalized spacial score (nSPS) is 13.4. The van der Waals surface area contributed by atoms with Gasteiger partial charge >= 0.3 is 0 Å². The van der Waals surface area contributed by atoms with Crippen LogP contribution in [0.15, 0.2) is 24.3 Å². The van der Waals surface area contributed by atoms with Gasteiger partial charge in [-0.15, -0.1) is 0 Å². The molecule has 1 aromatic carbocycles. The van der Waals surface area contributed by atoms with Gasteiger partial charge in [-0.05, 0) is 36.5 Å². The van der Waals surface area contributed by atoms with E-state index in [0.717, 1.165) is 30.6 Å². The lowest BCUT2D eigenvalue weighted by Crippen LogP contribution is -2.40. The predicted molar refractivity (Wildman–Crippen MR) is 86.6 cm³/mol. The Morgan fingerprint density at radius 2 is 1.60 bits per heavy atom. The summed E-state index contributed by atoms with van der Waals surface area (Å²) in [6.07, 6.45) is 1.80. The summed E-state index contributed by atoms with van der Waals surface area (Å²) >= 11 is 0. The largest absolute Gasteiger partial charge is 0.399 e. The number of aliphatic hydroxyl groups is 1. The highest BCUT2D eigenvalue weighted by molar-refractivity contribution is 5.39. The van der Waals surface area contributed by atoms with Gasteiger partial charge in [-0.25, -0.2) is 0 Å². The van der Waals surface area contributed by atoms with Gasteiger partial charge in [0.05, 0.1) is 6.10 Å². The summed E-state index contributed by atoms with van der Waals surface area (Å²) in [6, 6.07) is 8.08. The molecule has 3 N–H and O–H groups in total. The average Bonchev–Trinajstić information content (AvgIpc) is 2.40. The third-order valence-corrected chi connectivity index (χ3v) is 3.79. The molecule has 20 heavy (non-hydrogen) atoms. The fraction of sp³-hybridized carbons (Fsp3) is 0.647. The van der Waals surface area contributed by atoms with E-state index in [1.165, 1.54) is 0 Å². The van der Waals surface area contributed by atoms with E-state index < -0.39 is 6.10 Å². The van der Waals surface area contributed by atoms with Gasteiger partial charge in [0.25, 0.3) is 0 Å². The van der Waals surface area contributed by atoms with Gasteiger partial charge in [-0.3, -0.25) is 4.90 Å². The van der Waals surface area contributed by atoms with Crippen molar-refractivity contribution in [2.24, 2.45) is 5.92 Å². The number of benzene rings is 1. The number of aliphatic hydroxyl groups excluding tert-OH is 1. The zero-order valence-electron chi connectivity index (χ0n) is 13.3. The zero-order valence-corrected chi connectivity index (χ0v) is 13.3. The summed E-state index contributed by atoms with van der Waals surface area (Å²) in [5, 5.41) is 10.5. The van der Waals surface area contributed by atoms with Crippen LogP contribution in [0.4, 0.5) is 5.69 Å². The minimum atomic E-state index is -0.449. The third-order valence-electron chi connectivity index (χ3n) is 3.79. The van der Waals surface area contributed by atoms with E-state index in [2.05, 4.69) is 32.6 Å². The second-order valence-electron chi connectivity index (χ2n) is 6.00. The molecule has 0 heterocycles. The number of rotatable bonds is 8. The lowest BCUT2D eigenvalue weighted by molar-refractivity contribution is 0.0751. The Hall–Kier alpha value is -1.06. The second kappa shape index (κ2) is 8.28. The molecule has 114 valence electrons. The monoisotopic (exact) mass is 278 g/mol. The van der Waals surface area contributed by atoms with Crippen LogP contribution in [-0.2, 0) is 0 Å². The summed E-state index contributed by atoms with van der Waals surface area (Å²) in [5.41, 5.74) is 7.37. The fourth-order valence-corrected chi connectivity index (χ4v) is 2.69. The van der Waals surface area contributed by atoms with Crippen LogP contribution in [0.3, 0.4) is 0 Å². The van der Waals surface area contributed by atoms with Crippen molar-refractivity contribution in [1.29, 1.82) is 0 Å². The van der Waals surface area contributed by atoms with Gasteiger partial charge in [-0.1, -0.05) is 39.8 Å². The lowest BCUT2D eigenvalue weighted by Gasteiger charge is -2.33. The molecule has 0 radical (unpaired) electrons. The number of anilines is 1. The van der Waals surface area contributed by atoms with E-state index in [1.54, 1.807) is 0 Å². The topological polar surface area (TPSA) is 49.5 Å². The first kappa shape index (κ1) is 17.0. The van der Waals surface area contributed by atoms with Crippen LogP contribution >= 0.6 is 0 Å². The van der Waals surface area contributed by atoms with Gasteiger partial charge in [0, 0.05) is 24.8 Å². The minimum absolute atomic E-state index is 0.449. The molecule has 0 saturated carbocycles. The molecule has 0 spiro atoms. The first-order chi connectivity index (χ1) is 9.47. The van der Waals surface area contributed by atoms with E-state index in [4.69, 9.17) is 5.73 Å². The van der Waals surface area contributed by atoms with Crippen molar-refractivity contribution in [1.82, 2.24) is 4.90 Å². The quantitative estimate of drug-likeness (QED) is 0.716. The Labute approximate surface area is 123 Å². The van der Waals surface area contributed by atoms with E-state index in [9.17, 15) is 5.11 Å². The third kappa shape index (κ3) is 5.14. The first-order valence-electron chi connectivity index (χ1n) is 7.75. The second-order valence-corrected chi connectivity index (χ2v) is 6.00. The van der Waals surface area contributed by atoms with Crippen molar-refractivity contribution in [3.63, 3.8) is 0 Å². The Bertz CT molecular complexity index is 371. The molecule has 3 nitrogen and oxygen atoms in total. The predicted octanol–water partition coefficient (Wildman–Crippen LogP) is 3.45. The van der Waals surface area contributed by atoms with Crippen LogP contribution in [0.2, 0.25) is 0 Å². The number of hydrogen-bond donors (Lipinski definition) is 2. The number of nitrogens with two attached hydrogens (primary N) is 1. The van der Waals surface area contributed by atoms with Crippen LogP contribution < -0.4 is 5.73 Å². The smallest absolute Gasteiger partial charge is 0.0917 e. The standard InChI is InChI=1S/C17H30N2O/c1-5-16(6-2)19(11-13(3)4)12-17(20)14-7-9-15(18)10-8-14/h7-10,13,16-17,20H,5-6,11-12,18H2,1-4H3. The SMILES string of the molecule is CCC(CC)N(CC(C)C)CC(O)c1ccc(N)cc1. The van der Waals surface area contributed by atoms with Gasteiger partial charge in [0.15, 0.2) is 0 Å². The zero-order chi connectivity index (χ0) is 15.1. The molecule has 0 amide bonds. The summed E-state index contributed by atoms with van der Waals surface area (Å²) in [4.78, 5) is 2.42. The van der Waals surface area contributed by atoms with Crippen molar-refractivity contribution >= 4 is 5.69 Å². The van der Waals surface area contributed by atoms with Crippen LogP contribution in [0, 0.1) is 5.92 Å². The summed E-state index contributed by atoms with van der Waals surface area (Å²) in [6.45, 7) is 10.6. The Balaban J connectivity index is 2.74. The van der Waals surface area contributed by atoms with E-state index in [0.29, 0.717) is 18.5 Å². The molecule has 0 bridgehead atoms. The molecule has 3 heteroatoms. The van der Waals surface area contributed by atoms with Crippen molar-refractivity contribution < 1.29 is 5.11 Å². The van der Waals surface area contributed by atoms with E-state index >= 15 is 0 Å². The number of nitrogen functional groups attached to an aromatic ring is 1. The van der Waals surface area contributed by atoms with E-state index in [1.807, 2.05) is 24.3 Å². The molecule has 1 aromatic rings. The highest BCUT2D eigenvalue weighted by Gasteiger charge is 2.20. The first-order valence-corrected chi connectivity index (χ1v) is 7.75. The maximum Gasteiger partial charge on any atom is 0.0917 e. The molecule has 0 aromatic heterocycles. The molecule has 0 fully saturated rings. The summed E-state index contributed by atoms with van der Waals surface area (Å²) < 4.78 is 0. The molecule has 1 rings (SSSR count). The Morgan fingerprint density at radius 3 is 2.05 bits per heavy atom. The molecule has 1 atom stereocenters. The van der Waals surface area contributed by atoms with Crippen molar-refractivity contribution in [2.45, 2.75) is 52.7 Å². The molecular weight excluding hydrogens is 248 g/mol. The maximum atomic E-state index is 10.5. The number of hydrogen-bond acceptors (Lipinski definition) is 3. The maximum absolute atomic E-state index is 10.5. The van der Waals surface area contributed by atoms with Crippen molar-refractivity contribution in [3.05, 3.63) is 29.8 Å². The van der Waals surface area contributed by atoms with Gasteiger partial charge in [0.2, 0.25) is 0 Å². The highest BCUT2D eigenvalue weighted by Crippen LogP contribution is 2.20. The summed E-state index contributed by atoms with van der Waals surface area (Å²) in [7, 11) is 0. The van der Waals surface area contributed by atoms with Gasteiger partial charge < -0.3 is 10.8 Å². The van der Waals surface area contributed by atoms with Crippen LogP contribution in [0.5, 0.6) is 0 Å². The van der Waals surface area contributed by atoms with E-state index in [-0.39, 0.29) is 0 Å². The Morgan fingerprint density at radius 1 is 1.05 bits per heavy atom. The number of nitrogens with zero attached hydrogens (tertiary/aromatic N) is 1. The van der Waals surface area contributed by atoms with Crippen LogP contribution in [0.25, 0.3) is 0 Å². The molecule has 0 aliphatic rings. The minimum Gasteiger partial charge on any atom is -0.399 e. The molecule has 0 aliphatic carbocycles. The molecule has 1 unspecified atom stereocenters. The molecule has 0 saturated heterocycles. The Kier molecular flexibility index (Phi) is 7.03. The molecule has 0 aliphatic heterocycles. The van der Waals surface area contributed by atoms with Gasteiger partial charge in [0.1, 0.15) is 0 Å². The highest BCUT2D eigenvalue weighted by atomic mass is 16.3.